The molecule has 128 valence electrons. The number of sulfone groups is 1. The predicted molar refractivity (Wildman–Crippen MR) is 89.6 cm³/mol. The van der Waals surface area contributed by atoms with Crippen LogP contribution in [0.5, 0.6) is 0 Å². The number of hydrogen-bond donors (Lipinski definition) is 1. The molecule has 1 atom stereocenters. The number of anilines is 2. The lowest BCUT2D eigenvalue weighted by atomic mass is 10.2. The zero-order valence-corrected chi connectivity index (χ0v) is 14.7. The van der Waals surface area contributed by atoms with E-state index < -0.39 is 21.5 Å². The predicted octanol–water partition coefficient (Wildman–Crippen LogP) is 2.05. The number of rotatable bonds is 3. The van der Waals surface area contributed by atoms with Gasteiger partial charge in [-0.1, -0.05) is 0 Å². The van der Waals surface area contributed by atoms with Crippen molar-refractivity contribution in [3.63, 3.8) is 0 Å². The Balaban J connectivity index is 1.98. The molecule has 1 amide bonds. The van der Waals surface area contributed by atoms with E-state index in [1.54, 1.807) is 32.9 Å². The monoisotopic (exact) mass is 341 g/mol. The van der Waals surface area contributed by atoms with Crippen molar-refractivity contribution in [3.8, 4) is 0 Å². The Bertz CT molecular complexity index is 665. The van der Waals surface area contributed by atoms with Gasteiger partial charge in [0.1, 0.15) is 11.4 Å². The molecule has 2 rings (SSSR count). The second kappa shape index (κ2) is 6.35. The number of aromatic nitrogens is 1. The Labute approximate surface area is 137 Å². The molecule has 1 saturated heterocycles. The summed E-state index contributed by atoms with van der Waals surface area (Å²) in [6.07, 6.45) is 1.60. The second-order valence-corrected chi connectivity index (χ2v) is 8.93. The van der Waals surface area contributed by atoms with Gasteiger partial charge in [0.2, 0.25) is 0 Å². The molecular weight excluding hydrogens is 318 g/mol. The lowest BCUT2D eigenvalue weighted by molar-refractivity contribution is 0.0636. The van der Waals surface area contributed by atoms with Crippen LogP contribution in [0.4, 0.5) is 16.3 Å². The molecule has 0 spiro atoms. The van der Waals surface area contributed by atoms with Crippen molar-refractivity contribution in [1.29, 1.82) is 0 Å². The highest BCUT2D eigenvalue weighted by Gasteiger charge is 2.31. The van der Waals surface area contributed by atoms with E-state index in [-0.39, 0.29) is 17.5 Å². The minimum absolute atomic E-state index is 0.0582. The third-order valence-corrected chi connectivity index (χ3v) is 5.26. The number of nitrogens with one attached hydrogen (secondary N) is 1. The Morgan fingerprint density at radius 3 is 2.57 bits per heavy atom. The van der Waals surface area contributed by atoms with Crippen LogP contribution in [-0.4, -0.2) is 49.7 Å². The van der Waals surface area contributed by atoms with E-state index in [4.69, 9.17) is 4.74 Å². The van der Waals surface area contributed by atoms with Gasteiger partial charge >= 0.3 is 6.09 Å². The van der Waals surface area contributed by atoms with Crippen LogP contribution >= 0.6 is 0 Å². The van der Waals surface area contributed by atoms with Crippen molar-refractivity contribution in [1.82, 2.24) is 4.98 Å². The van der Waals surface area contributed by atoms with Crippen molar-refractivity contribution < 1.29 is 17.9 Å². The van der Waals surface area contributed by atoms with E-state index in [0.717, 1.165) is 0 Å². The van der Waals surface area contributed by atoms with Gasteiger partial charge in [0.05, 0.1) is 23.4 Å². The first-order chi connectivity index (χ1) is 10.6. The Morgan fingerprint density at radius 2 is 2.09 bits per heavy atom. The summed E-state index contributed by atoms with van der Waals surface area (Å²) < 4.78 is 28.3. The SMILES string of the molecule is CN(c1ccc(NC(=O)OC(C)(C)C)cn1)C1CCS(=O)(=O)C1. The lowest BCUT2D eigenvalue weighted by Crippen LogP contribution is -2.33. The quantitative estimate of drug-likeness (QED) is 0.905. The molecule has 23 heavy (non-hydrogen) atoms. The van der Waals surface area contributed by atoms with Gasteiger partial charge < -0.3 is 9.64 Å². The molecular formula is C15H23N3O4S. The molecule has 1 aliphatic heterocycles. The Kier molecular flexibility index (Phi) is 4.84. The van der Waals surface area contributed by atoms with Gasteiger partial charge in [0.25, 0.3) is 0 Å². The molecule has 0 aliphatic carbocycles. The summed E-state index contributed by atoms with van der Waals surface area (Å²) in [5.41, 5.74) is -0.0403. The zero-order valence-electron chi connectivity index (χ0n) is 13.9. The molecule has 1 aliphatic rings. The number of hydrogen-bond acceptors (Lipinski definition) is 6. The minimum Gasteiger partial charge on any atom is -0.444 e. The highest BCUT2D eigenvalue weighted by molar-refractivity contribution is 7.91. The smallest absolute Gasteiger partial charge is 0.412 e. The van der Waals surface area contributed by atoms with Crippen molar-refractivity contribution in [2.24, 2.45) is 0 Å². The summed E-state index contributed by atoms with van der Waals surface area (Å²) in [5.74, 6) is 1.05. The van der Waals surface area contributed by atoms with Crippen LogP contribution in [0.15, 0.2) is 18.3 Å². The number of pyridine rings is 1. The first kappa shape index (κ1) is 17.5. The van der Waals surface area contributed by atoms with E-state index in [9.17, 15) is 13.2 Å². The van der Waals surface area contributed by atoms with Crippen LogP contribution in [-0.2, 0) is 14.6 Å². The summed E-state index contributed by atoms with van der Waals surface area (Å²) >= 11 is 0. The van der Waals surface area contributed by atoms with Crippen LogP contribution < -0.4 is 10.2 Å². The average Bonchev–Trinajstić information content (AvgIpc) is 2.77. The summed E-state index contributed by atoms with van der Waals surface area (Å²) in [6.45, 7) is 5.37. The zero-order chi connectivity index (χ0) is 17.3. The number of amides is 1. The highest BCUT2D eigenvalue weighted by Crippen LogP contribution is 2.22. The maximum Gasteiger partial charge on any atom is 0.412 e. The molecule has 1 N–H and O–H groups in total. The van der Waals surface area contributed by atoms with Crippen molar-refractivity contribution >= 4 is 27.4 Å². The third-order valence-electron chi connectivity index (χ3n) is 3.51. The molecule has 0 radical (unpaired) electrons. The fourth-order valence-corrected chi connectivity index (χ4v) is 4.13. The first-order valence-corrected chi connectivity index (χ1v) is 9.27. The molecule has 1 aromatic rings. The van der Waals surface area contributed by atoms with E-state index >= 15 is 0 Å². The fourth-order valence-electron chi connectivity index (χ4n) is 2.36. The molecule has 1 unspecified atom stereocenters. The fraction of sp³-hybridized carbons (Fsp3) is 0.600. The largest absolute Gasteiger partial charge is 0.444 e. The minimum atomic E-state index is -2.93. The van der Waals surface area contributed by atoms with Crippen molar-refractivity contribution in [2.75, 3.05) is 28.8 Å². The van der Waals surface area contributed by atoms with Crippen molar-refractivity contribution in [3.05, 3.63) is 18.3 Å². The molecule has 0 saturated carbocycles. The molecule has 2 heterocycles. The molecule has 0 aromatic carbocycles. The maximum absolute atomic E-state index is 11.7. The van der Waals surface area contributed by atoms with Crippen LogP contribution in [0.3, 0.4) is 0 Å². The van der Waals surface area contributed by atoms with Crippen LogP contribution in [0.25, 0.3) is 0 Å². The van der Waals surface area contributed by atoms with E-state index in [1.807, 2.05) is 11.9 Å². The Morgan fingerprint density at radius 1 is 1.39 bits per heavy atom. The van der Waals surface area contributed by atoms with Crippen LogP contribution in [0, 0.1) is 0 Å². The molecule has 1 aromatic heterocycles. The standard InChI is InChI=1S/C15H23N3O4S/c1-15(2,3)22-14(19)17-11-5-6-13(16-9-11)18(4)12-7-8-23(20,21)10-12/h5-6,9,12H,7-8,10H2,1-4H3,(H,17,19). The summed E-state index contributed by atoms with van der Waals surface area (Å²) in [6, 6.07) is 3.40. The number of carbonyl (C=O) groups excluding carboxylic acids is 1. The van der Waals surface area contributed by atoms with E-state index in [2.05, 4.69) is 10.3 Å². The van der Waals surface area contributed by atoms with Gasteiger partial charge in [-0.15, -0.1) is 0 Å². The van der Waals surface area contributed by atoms with E-state index in [1.165, 1.54) is 6.20 Å². The summed E-state index contributed by atoms with van der Waals surface area (Å²) in [4.78, 5) is 17.8. The first-order valence-electron chi connectivity index (χ1n) is 7.45. The van der Waals surface area contributed by atoms with Crippen LogP contribution in [0.2, 0.25) is 0 Å². The molecule has 8 heteroatoms. The van der Waals surface area contributed by atoms with Gasteiger partial charge in [-0.2, -0.15) is 0 Å². The molecule has 7 nitrogen and oxygen atoms in total. The van der Waals surface area contributed by atoms with Gasteiger partial charge in [-0.05, 0) is 39.3 Å². The number of carbonyl (C=O) groups is 1. The van der Waals surface area contributed by atoms with Crippen LogP contribution in [0.1, 0.15) is 27.2 Å². The Hall–Kier alpha value is -1.83. The molecule has 0 bridgehead atoms. The second-order valence-electron chi connectivity index (χ2n) is 6.70. The number of nitrogens with zero attached hydrogens (tertiary/aromatic N) is 2. The summed E-state index contributed by atoms with van der Waals surface area (Å²) in [7, 11) is -1.10. The third kappa shape index (κ3) is 5.09. The maximum atomic E-state index is 11.7. The topological polar surface area (TPSA) is 88.6 Å². The van der Waals surface area contributed by atoms with Gasteiger partial charge in [-0.3, -0.25) is 5.32 Å². The highest BCUT2D eigenvalue weighted by atomic mass is 32.2. The van der Waals surface area contributed by atoms with Gasteiger partial charge in [-0.25, -0.2) is 18.2 Å². The van der Waals surface area contributed by atoms with Crippen molar-refractivity contribution in [2.45, 2.75) is 38.8 Å². The summed E-state index contributed by atoms with van der Waals surface area (Å²) in [5, 5.41) is 2.61. The van der Waals surface area contributed by atoms with E-state index in [0.29, 0.717) is 17.9 Å². The normalized spacial score (nSPS) is 20.1. The number of ether oxygens (including phenoxy) is 1. The lowest BCUT2D eigenvalue weighted by Gasteiger charge is -2.24. The molecule has 1 fully saturated rings. The average molecular weight is 341 g/mol. The van der Waals surface area contributed by atoms with Gasteiger partial charge in [0, 0.05) is 13.1 Å². The van der Waals surface area contributed by atoms with Gasteiger partial charge in [0.15, 0.2) is 9.84 Å².